The van der Waals surface area contributed by atoms with Crippen molar-refractivity contribution in [3.63, 3.8) is 0 Å². The minimum absolute atomic E-state index is 0.0394. The first-order valence-electron chi connectivity index (χ1n) is 11.1. The topological polar surface area (TPSA) is 104 Å². The monoisotopic (exact) mass is 555 g/mol. The summed E-state index contributed by atoms with van der Waals surface area (Å²) in [5.74, 6) is 0.529. The van der Waals surface area contributed by atoms with Crippen molar-refractivity contribution in [1.29, 1.82) is 4.78 Å². The summed E-state index contributed by atoms with van der Waals surface area (Å²) in [6, 6.07) is 14.9. The van der Waals surface area contributed by atoms with Crippen LogP contribution in [0, 0.1) is 4.78 Å². The van der Waals surface area contributed by atoms with Gasteiger partial charge in [-0.2, -0.15) is 0 Å². The maximum absolute atomic E-state index is 13.2. The van der Waals surface area contributed by atoms with E-state index in [4.69, 9.17) is 25.9 Å². The second kappa shape index (κ2) is 9.69. The number of benzene rings is 3. The highest BCUT2D eigenvalue weighted by molar-refractivity contribution is 7.90. The second-order valence-electron chi connectivity index (χ2n) is 8.45. The van der Waals surface area contributed by atoms with Crippen molar-refractivity contribution in [2.75, 3.05) is 18.1 Å². The molecule has 0 spiro atoms. The van der Waals surface area contributed by atoms with Gasteiger partial charge < -0.3 is 24.2 Å². The molecule has 8 nitrogen and oxygen atoms in total. The lowest BCUT2D eigenvalue weighted by Crippen LogP contribution is -2.60. The summed E-state index contributed by atoms with van der Waals surface area (Å²) < 4.78 is 77.0. The summed E-state index contributed by atoms with van der Waals surface area (Å²) in [7, 11) is -3.72. The highest BCUT2D eigenvalue weighted by Crippen LogP contribution is 2.49. The molecule has 0 saturated carbocycles. The number of hydrogen-bond acceptors (Lipinski definition) is 7. The van der Waals surface area contributed by atoms with Gasteiger partial charge in [0.1, 0.15) is 15.7 Å². The molecule has 2 aliphatic rings. The van der Waals surface area contributed by atoms with Crippen LogP contribution in [0.25, 0.3) is 0 Å². The van der Waals surface area contributed by atoms with Gasteiger partial charge in [-0.25, -0.2) is 13.7 Å². The van der Waals surface area contributed by atoms with E-state index in [0.29, 0.717) is 27.9 Å². The van der Waals surface area contributed by atoms with E-state index in [1.807, 2.05) is 23.1 Å². The Hall–Kier alpha value is -3.03. The zero-order valence-corrected chi connectivity index (χ0v) is 20.5. The van der Waals surface area contributed by atoms with Crippen LogP contribution in [0.5, 0.6) is 17.2 Å². The van der Waals surface area contributed by atoms with Crippen molar-refractivity contribution in [2.24, 2.45) is 0 Å². The molecule has 3 aromatic carbocycles. The van der Waals surface area contributed by atoms with Gasteiger partial charge >= 0.3 is 6.36 Å². The van der Waals surface area contributed by atoms with E-state index >= 15 is 0 Å². The molecule has 13 heteroatoms. The summed E-state index contributed by atoms with van der Waals surface area (Å²) in [4.78, 5) is 1.78. The van der Waals surface area contributed by atoms with Crippen LogP contribution in [0.4, 0.5) is 24.5 Å². The molecule has 2 heterocycles. The van der Waals surface area contributed by atoms with E-state index < -0.39 is 40.2 Å². The third kappa shape index (κ3) is 5.34. The quantitative estimate of drug-likeness (QED) is 0.399. The molecule has 0 aliphatic carbocycles. The lowest BCUT2D eigenvalue weighted by atomic mass is 9.98. The zero-order chi connectivity index (χ0) is 26.4. The summed E-state index contributed by atoms with van der Waals surface area (Å²) in [5.41, 5.74) is 1.32. The Kier molecular flexibility index (Phi) is 6.71. The Bertz CT molecular complexity index is 1410. The van der Waals surface area contributed by atoms with Gasteiger partial charge in [-0.15, -0.1) is 13.2 Å². The number of rotatable bonds is 5. The smallest absolute Gasteiger partial charge is 0.453 e. The summed E-state index contributed by atoms with van der Waals surface area (Å²) in [6.45, 7) is 0.0840. The molecule has 2 aliphatic heterocycles. The summed E-state index contributed by atoms with van der Waals surface area (Å²) in [5, 5.41) is 11.8. The van der Waals surface area contributed by atoms with E-state index in [2.05, 4.69) is 9.46 Å². The molecule has 4 atom stereocenters. The molecule has 0 amide bonds. The van der Waals surface area contributed by atoms with Crippen molar-refractivity contribution in [3.05, 3.63) is 71.8 Å². The Morgan fingerprint density at radius 2 is 1.76 bits per heavy atom. The molecule has 1 fully saturated rings. The van der Waals surface area contributed by atoms with Crippen LogP contribution in [0.3, 0.4) is 0 Å². The third-order valence-electron chi connectivity index (χ3n) is 5.96. The van der Waals surface area contributed by atoms with Crippen LogP contribution in [0.2, 0.25) is 5.02 Å². The maximum Gasteiger partial charge on any atom is 0.573 e. The lowest BCUT2D eigenvalue weighted by Gasteiger charge is -2.44. The molecular formula is C24H21ClF3N3O5S. The SMILES string of the molecule is N=S(=O)(NC1COCC(N2c3ccccc3Oc3cc(Cl)ccc32)C1O)c1ccc(OC(F)(F)F)cc1. The molecule has 0 aromatic heterocycles. The second-order valence-corrected chi connectivity index (χ2v) is 10.7. The minimum atomic E-state index is -4.87. The number of nitrogens with zero attached hydrogens (tertiary/aromatic N) is 1. The number of halogens is 4. The number of para-hydroxylation sites is 2. The van der Waals surface area contributed by atoms with E-state index in [9.17, 15) is 22.5 Å². The van der Waals surface area contributed by atoms with Crippen LogP contribution in [-0.2, 0) is 14.7 Å². The van der Waals surface area contributed by atoms with Crippen LogP contribution in [-0.4, -0.2) is 47.1 Å². The van der Waals surface area contributed by atoms with Gasteiger partial charge in [0, 0.05) is 11.1 Å². The number of ether oxygens (including phenoxy) is 3. The van der Waals surface area contributed by atoms with Crippen LogP contribution in [0.15, 0.2) is 71.6 Å². The predicted octanol–water partition coefficient (Wildman–Crippen LogP) is 5.22. The Morgan fingerprint density at radius 3 is 2.49 bits per heavy atom. The number of alkyl halides is 3. The zero-order valence-electron chi connectivity index (χ0n) is 18.9. The molecule has 0 bridgehead atoms. The highest BCUT2D eigenvalue weighted by atomic mass is 35.5. The van der Waals surface area contributed by atoms with Gasteiger partial charge in [-0.3, -0.25) is 0 Å². The van der Waals surface area contributed by atoms with E-state index in [-0.39, 0.29) is 18.1 Å². The van der Waals surface area contributed by atoms with Crippen LogP contribution in [0.1, 0.15) is 0 Å². The van der Waals surface area contributed by atoms with Gasteiger partial charge in [0.05, 0.1) is 47.7 Å². The number of fused-ring (bicyclic) bond motifs is 2. The summed E-state index contributed by atoms with van der Waals surface area (Å²) >= 11 is 6.16. The molecule has 196 valence electrons. The van der Waals surface area contributed by atoms with Crippen LogP contribution < -0.4 is 19.1 Å². The van der Waals surface area contributed by atoms with Crippen molar-refractivity contribution in [2.45, 2.75) is 29.4 Å². The average molecular weight is 556 g/mol. The number of aliphatic hydroxyl groups is 1. The van der Waals surface area contributed by atoms with Crippen molar-refractivity contribution in [3.8, 4) is 17.2 Å². The molecule has 1 saturated heterocycles. The molecule has 4 unspecified atom stereocenters. The first-order valence-corrected chi connectivity index (χ1v) is 13.0. The highest BCUT2D eigenvalue weighted by Gasteiger charge is 2.41. The molecule has 3 aromatic rings. The Labute approximate surface area is 215 Å². The fourth-order valence-corrected chi connectivity index (χ4v) is 5.79. The van der Waals surface area contributed by atoms with Crippen LogP contribution >= 0.6 is 11.6 Å². The van der Waals surface area contributed by atoms with Crippen molar-refractivity contribution < 1.29 is 36.7 Å². The number of nitrogens with one attached hydrogen (secondary N) is 2. The van der Waals surface area contributed by atoms with Gasteiger partial charge in [0.2, 0.25) is 0 Å². The van der Waals surface area contributed by atoms with Gasteiger partial charge in [-0.05, 0) is 48.5 Å². The fraction of sp³-hybridized carbons (Fsp3) is 0.250. The molecule has 37 heavy (non-hydrogen) atoms. The van der Waals surface area contributed by atoms with Crippen molar-refractivity contribution >= 4 is 32.9 Å². The largest absolute Gasteiger partial charge is 0.573 e. The number of anilines is 2. The third-order valence-corrected chi connectivity index (χ3v) is 7.76. The molecule has 5 rings (SSSR count). The van der Waals surface area contributed by atoms with E-state index in [0.717, 1.165) is 24.3 Å². The summed E-state index contributed by atoms with van der Waals surface area (Å²) in [6.07, 6.45) is -6.02. The van der Waals surface area contributed by atoms with E-state index in [1.54, 1.807) is 24.3 Å². The first kappa shape index (κ1) is 25.6. The number of aliphatic hydroxyl groups excluding tert-OH is 1. The Morgan fingerprint density at radius 1 is 1.05 bits per heavy atom. The normalized spacial score (nSPS) is 22.8. The average Bonchev–Trinajstić information content (AvgIpc) is 2.83. The standard InChI is InChI=1S/C24H21ClF3N3O5S/c25-14-5-10-19-22(11-14)35-21-4-2-1-3-18(21)31(19)20-13-34-12-17(23(20)32)30-37(29,33)16-8-6-15(7-9-16)36-24(26,27)28/h1-11,17,20,23,32H,12-13H2,(H2,29,30,33). The van der Waals surface area contributed by atoms with Gasteiger partial charge in [0.15, 0.2) is 11.5 Å². The molecule has 3 N–H and O–H groups in total. The molecule has 0 radical (unpaired) electrons. The maximum atomic E-state index is 13.2. The van der Waals surface area contributed by atoms with E-state index in [1.165, 1.54) is 0 Å². The minimum Gasteiger partial charge on any atom is -0.453 e. The fourth-order valence-electron chi connectivity index (χ4n) is 4.34. The van der Waals surface area contributed by atoms with Gasteiger partial charge in [0.25, 0.3) is 0 Å². The van der Waals surface area contributed by atoms with Crippen molar-refractivity contribution in [1.82, 2.24) is 4.72 Å². The Balaban J connectivity index is 1.40. The molecular weight excluding hydrogens is 535 g/mol. The van der Waals surface area contributed by atoms with Gasteiger partial charge in [-0.1, -0.05) is 23.7 Å². The first-order chi connectivity index (χ1) is 17.5. The lowest BCUT2D eigenvalue weighted by molar-refractivity contribution is -0.274. The predicted molar refractivity (Wildman–Crippen MR) is 130 cm³/mol. The number of hydrogen-bond donors (Lipinski definition) is 3.